The highest BCUT2D eigenvalue weighted by Crippen LogP contribution is 2.14. The lowest BCUT2D eigenvalue weighted by Gasteiger charge is -2.03. The summed E-state index contributed by atoms with van der Waals surface area (Å²) in [5.74, 6) is 0. The summed E-state index contributed by atoms with van der Waals surface area (Å²) in [6, 6.07) is 0. The van der Waals surface area contributed by atoms with Crippen molar-refractivity contribution in [3.63, 3.8) is 0 Å². The monoisotopic (exact) mass is 236 g/mol. The number of imidazole rings is 1. The molecule has 5 heteroatoms. The minimum absolute atomic E-state index is 0.764. The molecule has 0 aromatic carbocycles. The zero-order valence-corrected chi connectivity index (χ0v) is 10.9. The fraction of sp³-hybridized carbons (Fsp3) is 0.455. The molecule has 16 heavy (non-hydrogen) atoms. The van der Waals surface area contributed by atoms with Gasteiger partial charge < -0.3 is 9.55 Å². The predicted molar refractivity (Wildman–Crippen MR) is 66.1 cm³/mol. The number of aromatic nitrogens is 4. The Morgan fingerprint density at radius 3 is 2.50 bits per heavy atom. The third kappa shape index (κ3) is 1.82. The van der Waals surface area contributed by atoms with Crippen molar-refractivity contribution in [3.8, 4) is 0 Å². The van der Waals surface area contributed by atoms with Gasteiger partial charge in [-0.3, -0.25) is 4.68 Å². The van der Waals surface area contributed by atoms with Crippen molar-refractivity contribution in [1.82, 2.24) is 19.3 Å². The molecule has 2 aromatic rings. The summed E-state index contributed by atoms with van der Waals surface area (Å²) in [4.78, 5) is 3.12. The SMILES string of the molecule is Cc1cn(Cc2c(C)nn(C)c2C)c(=S)[nH]1. The van der Waals surface area contributed by atoms with Crippen LogP contribution in [0.2, 0.25) is 0 Å². The lowest BCUT2D eigenvalue weighted by atomic mass is 10.2. The number of H-pyrrole nitrogens is 1. The average molecular weight is 236 g/mol. The van der Waals surface area contributed by atoms with E-state index >= 15 is 0 Å². The van der Waals surface area contributed by atoms with Crippen LogP contribution in [0.1, 0.15) is 22.6 Å². The molecule has 0 fully saturated rings. The first-order valence-electron chi connectivity index (χ1n) is 5.24. The molecule has 0 bridgehead atoms. The van der Waals surface area contributed by atoms with Crippen molar-refractivity contribution in [3.05, 3.63) is 33.6 Å². The van der Waals surface area contributed by atoms with Gasteiger partial charge in [0.25, 0.3) is 0 Å². The van der Waals surface area contributed by atoms with E-state index in [1.807, 2.05) is 36.3 Å². The highest BCUT2D eigenvalue weighted by atomic mass is 32.1. The topological polar surface area (TPSA) is 38.5 Å². The minimum Gasteiger partial charge on any atom is -0.335 e. The number of rotatable bonds is 2. The quantitative estimate of drug-likeness (QED) is 0.812. The van der Waals surface area contributed by atoms with Gasteiger partial charge in [-0.1, -0.05) is 0 Å². The van der Waals surface area contributed by atoms with Crippen LogP contribution in [0.4, 0.5) is 0 Å². The number of aryl methyl sites for hydroxylation is 3. The number of aromatic amines is 1. The summed E-state index contributed by atoms with van der Waals surface area (Å²) in [5.41, 5.74) is 4.60. The van der Waals surface area contributed by atoms with Gasteiger partial charge in [-0.2, -0.15) is 5.10 Å². The lowest BCUT2D eigenvalue weighted by Crippen LogP contribution is -2.01. The molecule has 86 valence electrons. The summed E-state index contributed by atoms with van der Waals surface area (Å²) in [5, 5.41) is 4.40. The van der Waals surface area contributed by atoms with Gasteiger partial charge >= 0.3 is 0 Å². The molecule has 0 atom stereocenters. The molecule has 4 nitrogen and oxygen atoms in total. The molecule has 0 aliphatic carbocycles. The maximum Gasteiger partial charge on any atom is 0.177 e. The smallest absolute Gasteiger partial charge is 0.177 e. The van der Waals surface area contributed by atoms with E-state index in [-0.39, 0.29) is 0 Å². The number of hydrogen-bond acceptors (Lipinski definition) is 2. The second-order valence-electron chi connectivity index (χ2n) is 4.14. The maximum absolute atomic E-state index is 5.25. The van der Waals surface area contributed by atoms with Crippen LogP contribution in [-0.4, -0.2) is 19.3 Å². The third-order valence-corrected chi connectivity index (χ3v) is 3.24. The normalized spacial score (nSPS) is 11.0. The Balaban J connectivity index is 2.41. The van der Waals surface area contributed by atoms with Crippen LogP contribution < -0.4 is 0 Å². The van der Waals surface area contributed by atoms with Crippen molar-refractivity contribution >= 4 is 12.2 Å². The van der Waals surface area contributed by atoms with Crippen LogP contribution in [0.5, 0.6) is 0 Å². The van der Waals surface area contributed by atoms with Crippen LogP contribution in [0.3, 0.4) is 0 Å². The maximum atomic E-state index is 5.25. The highest BCUT2D eigenvalue weighted by Gasteiger charge is 2.10. The minimum atomic E-state index is 0.764. The molecule has 2 heterocycles. The lowest BCUT2D eigenvalue weighted by molar-refractivity contribution is 0.725. The fourth-order valence-electron chi connectivity index (χ4n) is 1.90. The molecule has 2 aromatic heterocycles. The highest BCUT2D eigenvalue weighted by molar-refractivity contribution is 7.71. The molecule has 0 saturated heterocycles. The van der Waals surface area contributed by atoms with E-state index in [0.717, 1.165) is 22.7 Å². The van der Waals surface area contributed by atoms with E-state index in [4.69, 9.17) is 12.2 Å². The fourth-order valence-corrected chi connectivity index (χ4v) is 2.18. The Labute approximate surface area is 99.9 Å². The van der Waals surface area contributed by atoms with Gasteiger partial charge in [0.1, 0.15) is 0 Å². The van der Waals surface area contributed by atoms with Gasteiger partial charge in [-0.05, 0) is 33.0 Å². The molecule has 0 amide bonds. The van der Waals surface area contributed by atoms with E-state index in [0.29, 0.717) is 0 Å². The largest absolute Gasteiger partial charge is 0.335 e. The molecule has 0 saturated carbocycles. The average Bonchev–Trinajstić information content (AvgIpc) is 2.62. The summed E-state index contributed by atoms with van der Waals surface area (Å²) < 4.78 is 4.72. The van der Waals surface area contributed by atoms with E-state index in [1.54, 1.807) is 0 Å². The predicted octanol–water partition coefficient (Wildman–Crippen LogP) is 2.25. The number of hydrogen-bond donors (Lipinski definition) is 1. The van der Waals surface area contributed by atoms with Crippen molar-refractivity contribution in [1.29, 1.82) is 0 Å². The molecule has 0 aliphatic heterocycles. The molecular weight excluding hydrogens is 220 g/mol. The van der Waals surface area contributed by atoms with E-state index in [9.17, 15) is 0 Å². The number of nitrogens with one attached hydrogen (secondary N) is 1. The molecule has 0 unspecified atom stereocenters. The summed E-state index contributed by atoms with van der Waals surface area (Å²) in [6.45, 7) is 6.91. The van der Waals surface area contributed by atoms with E-state index in [1.165, 1.54) is 11.3 Å². The van der Waals surface area contributed by atoms with Crippen molar-refractivity contribution in [2.24, 2.45) is 7.05 Å². The summed E-state index contributed by atoms with van der Waals surface area (Å²) >= 11 is 5.25. The second-order valence-corrected chi connectivity index (χ2v) is 4.53. The zero-order chi connectivity index (χ0) is 11.9. The first kappa shape index (κ1) is 11.1. The Morgan fingerprint density at radius 1 is 1.38 bits per heavy atom. The molecule has 1 N–H and O–H groups in total. The zero-order valence-electron chi connectivity index (χ0n) is 10.0. The van der Waals surface area contributed by atoms with Crippen molar-refractivity contribution in [2.45, 2.75) is 27.3 Å². The Hall–Kier alpha value is -1.36. The van der Waals surface area contributed by atoms with Crippen molar-refractivity contribution in [2.75, 3.05) is 0 Å². The molecule has 0 radical (unpaired) electrons. The Bertz CT molecular complexity index is 573. The van der Waals surface area contributed by atoms with Crippen LogP contribution in [0.15, 0.2) is 6.20 Å². The Morgan fingerprint density at radius 2 is 2.06 bits per heavy atom. The van der Waals surface area contributed by atoms with Crippen LogP contribution >= 0.6 is 12.2 Å². The first-order valence-corrected chi connectivity index (χ1v) is 5.65. The van der Waals surface area contributed by atoms with Gasteiger partial charge in [0.2, 0.25) is 0 Å². The first-order chi connectivity index (χ1) is 7.49. The molecular formula is C11H16N4S. The third-order valence-electron chi connectivity index (χ3n) is 2.90. The van der Waals surface area contributed by atoms with Crippen LogP contribution in [0, 0.1) is 25.5 Å². The van der Waals surface area contributed by atoms with Crippen LogP contribution in [-0.2, 0) is 13.6 Å². The van der Waals surface area contributed by atoms with Gasteiger partial charge in [-0.25, -0.2) is 0 Å². The molecule has 0 spiro atoms. The van der Waals surface area contributed by atoms with Gasteiger partial charge in [0, 0.05) is 30.2 Å². The number of nitrogens with zero attached hydrogens (tertiary/aromatic N) is 3. The summed E-state index contributed by atoms with van der Waals surface area (Å²) in [6.07, 6.45) is 2.04. The van der Waals surface area contributed by atoms with Gasteiger partial charge in [0.15, 0.2) is 4.77 Å². The van der Waals surface area contributed by atoms with Crippen LogP contribution in [0.25, 0.3) is 0 Å². The molecule has 0 aliphatic rings. The van der Waals surface area contributed by atoms with Crippen molar-refractivity contribution < 1.29 is 0 Å². The van der Waals surface area contributed by atoms with E-state index in [2.05, 4.69) is 17.0 Å². The van der Waals surface area contributed by atoms with E-state index < -0.39 is 0 Å². The standard InChI is InChI=1S/C11H16N4S/c1-7-5-15(11(16)12-7)6-10-8(2)13-14(4)9(10)3/h5H,6H2,1-4H3,(H,12,16). The molecule has 2 rings (SSSR count). The van der Waals surface area contributed by atoms with Gasteiger partial charge in [-0.15, -0.1) is 0 Å². The Kier molecular flexibility index (Phi) is 2.71. The summed E-state index contributed by atoms with van der Waals surface area (Å²) in [7, 11) is 1.97. The van der Waals surface area contributed by atoms with Gasteiger partial charge in [0.05, 0.1) is 12.2 Å². The second kappa shape index (κ2) is 3.90.